The smallest absolute Gasteiger partial charge is 0.269 e. The second kappa shape index (κ2) is 5.50. The van der Waals surface area contributed by atoms with Gasteiger partial charge in [-0.15, -0.1) is 10.2 Å². The van der Waals surface area contributed by atoms with Crippen LogP contribution in [-0.4, -0.2) is 53.2 Å². The Morgan fingerprint density at radius 3 is 2.45 bits per heavy atom. The van der Waals surface area contributed by atoms with Crippen molar-refractivity contribution < 1.29 is 4.79 Å². The number of carbonyl (C=O) groups is 1. The lowest BCUT2D eigenvalue weighted by molar-refractivity contribution is 0.0994. The maximum absolute atomic E-state index is 11.0. The van der Waals surface area contributed by atoms with E-state index in [1.165, 1.54) is 25.7 Å². The summed E-state index contributed by atoms with van der Waals surface area (Å²) in [6, 6.07) is 4.33. The number of primary amides is 1. The molecule has 2 N–H and O–H groups in total. The van der Waals surface area contributed by atoms with Crippen LogP contribution in [0, 0.1) is 11.8 Å². The molecule has 2 bridgehead atoms. The third-order valence-electron chi connectivity index (χ3n) is 5.71. The molecule has 2 saturated carbocycles. The summed E-state index contributed by atoms with van der Waals surface area (Å²) in [5.74, 6) is 2.27. The van der Waals surface area contributed by atoms with Crippen LogP contribution in [0.5, 0.6) is 0 Å². The maximum Gasteiger partial charge on any atom is 0.269 e. The van der Waals surface area contributed by atoms with Gasteiger partial charge >= 0.3 is 0 Å². The van der Waals surface area contributed by atoms with Crippen LogP contribution < -0.4 is 10.6 Å². The van der Waals surface area contributed by atoms with Crippen molar-refractivity contribution in [3.8, 4) is 0 Å². The van der Waals surface area contributed by atoms with Crippen LogP contribution >= 0.6 is 0 Å². The Kier molecular flexibility index (Phi) is 3.48. The molecule has 1 saturated heterocycles. The summed E-state index contributed by atoms with van der Waals surface area (Å²) in [7, 11) is 0. The molecule has 0 aromatic carbocycles. The highest BCUT2D eigenvalue weighted by molar-refractivity contribution is 5.90. The summed E-state index contributed by atoms with van der Waals surface area (Å²) >= 11 is 0. The van der Waals surface area contributed by atoms with Crippen molar-refractivity contribution in [3.63, 3.8) is 0 Å². The van der Waals surface area contributed by atoms with E-state index in [1.807, 2.05) is 6.07 Å². The van der Waals surface area contributed by atoms with E-state index in [4.69, 9.17) is 5.73 Å². The number of piperazine rings is 1. The predicted molar refractivity (Wildman–Crippen MR) is 83.6 cm³/mol. The lowest BCUT2D eigenvalue weighted by Crippen LogP contribution is -2.52. The Hall–Kier alpha value is -1.69. The lowest BCUT2D eigenvalue weighted by Gasteiger charge is -2.41. The monoisotopic (exact) mass is 301 g/mol. The highest BCUT2D eigenvalue weighted by atomic mass is 16.1. The van der Waals surface area contributed by atoms with Crippen LogP contribution in [0.4, 0.5) is 5.82 Å². The number of nitrogens with zero attached hydrogens (tertiary/aromatic N) is 4. The minimum Gasteiger partial charge on any atom is -0.364 e. The number of nitrogens with two attached hydrogens (primary N) is 1. The molecule has 0 spiro atoms. The third kappa shape index (κ3) is 2.45. The van der Waals surface area contributed by atoms with Gasteiger partial charge in [-0.3, -0.25) is 9.69 Å². The summed E-state index contributed by atoms with van der Waals surface area (Å²) in [5, 5.41) is 8.04. The van der Waals surface area contributed by atoms with E-state index in [0.29, 0.717) is 0 Å². The molecule has 3 atom stereocenters. The second-order valence-corrected chi connectivity index (χ2v) is 6.91. The van der Waals surface area contributed by atoms with Crippen LogP contribution in [0.15, 0.2) is 12.1 Å². The van der Waals surface area contributed by atoms with E-state index in [9.17, 15) is 4.79 Å². The zero-order valence-electron chi connectivity index (χ0n) is 12.8. The molecular weight excluding hydrogens is 278 g/mol. The van der Waals surface area contributed by atoms with Gasteiger partial charge in [0.2, 0.25) is 0 Å². The largest absolute Gasteiger partial charge is 0.364 e. The highest BCUT2D eigenvalue weighted by Crippen LogP contribution is 2.46. The average molecular weight is 301 g/mol. The van der Waals surface area contributed by atoms with Crippen molar-refractivity contribution in [2.24, 2.45) is 17.6 Å². The number of rotatable bonds is 3. The fraction of sp³-hybridized carbons (Fsp3) is 0.688. The average Bonchev–Trinajstić information content (AvgIpc) is 3.18. The Balaban J connectivity index is 1.36. The van der Waals surface area contributed by atoms with E-state index >= 15 is 0 Å². The first-order chi connectivity index (χ1) is 10.7. The van der Waals surface area contributed by atoms with E-state index < -0.39 is 5.91 Å². The molecule has 6 heteroatoms. The number of amides is 1. The van der Waals surface area contributed by atoms with Gasteiger partial charge in [0.05, 0.1) is 0 Å². The molecule has 22 heavy (non-hydrogen) atoms. The highest BCUT2D eigenvalue weighted by Gasteiger charge is 2.42. The van der Waals surface area contributed by atoms with Gasteiger partial charge in [-0.25, -0.2) is 0 Å². The number of hydrogen-bond donors (Lipinski definition) is 1. The molecular formula is C16H23N5O. The molecule has 4 rings (SSSR count). The quantitative estimate of drug-likeness (QED) is 0.897. The minimum atomic E-state index is -0.528. The molecule has 1 aliphatic heterocycles. The van der Waals surface area contributed by atoms with Gasteiger partial charge in [0.15, 0.2) is 11.5 Å². The molecule has 118 valence electrons. The maximum atomic E-state index is 11.0. The molecule has 0 radical (unpaired) electrons. The van der Waals surface area contributed by atoms with Crippen molar-refractivity contribution in [2.75, 3.05) is 31.1 Å². The standard InChI is InChI=1S/C16H23N5O/c17-16(22)13-3-4-15(19-18-13)21-7-5-20(6-8-21)14-10-11-1-2-12(14)9-11/h3-4,11-12,14H,1-2,5-10H2,(H2,17,22). The molecule has 1 amide bonds. The van der Waals surface area contributed by atoms with Crippen LogP contribution in [0.25, 0.3) is 0 Å². The number of fused-ring (bicyclic) bond motifs is 2. The van der Waals surface area contributed by atoms with Crippen molar-refractivity contribution in [2.45, 2.75) is 31.7 Å². The van der Waals surface area contributed by atoms with E-state index in [1.54, 1.807) is 6.07 Å². The van der Waals surface area contributed by atoms with Crippen molar-refractivity contribution in [1.29, 1.82) is 0 Å². The number of carbonyl (C=O) groups excluding carboxylic acids is 1. The normalized spacial score (nSPS) is 31.6. The second-order valence-electron chi connectivity index (χ2n) is 6.91. The van der Waals surface area contributed by atoms with Gasteiger partial charge in [-0.1, -0.05) is 6.42 Å². The number of hydrogen-bond acceptors (Lipinski definition) is 5. The zero-order valence-corrected chi connectivity index (χ0v) is 12.8. The zero-order chi connectivity index (χ0) is 15.1. The van der Waals surface area contributed by atoms with Crippen LogP contribution in [0.3, 0.4) is 0 Å². The summed E-state index contributed by atoms with van der Waals surface area (Å²) < 4.78 is 0. The fourth-order valence-electron chi connectivity index (χ4n) is 4.57. The van der Waals surface area contributed by atoms with Gasteiger partial charge in [-0.2, -0.15) is 0 Å². The number of anilines is 1. The molecule has 3 fully saturated rings. The predicted octanol–water partition coefficient (Wildman–Crippen LogP) is 0.886. The Bertz CT molecular complexity index is 552. The Morgan fingerprint density at radius 1 is 1.09 bits per heavy atom. The van der Waals surface area contributed by atoms with E-state index in [0.717, 1.165) is 49.9 Å². The third-order valence-corrected chi connectivity index (χ3v) is 5.71. The van der Waals surface area contributed by atoms with Crippen LogP contribution in [0.2, 0.25) is 0 Å². The first-order valence-corrected chi connectivity index (χ1v) is 8.33. The van der Waals surface area contributed by atoms with Gasteiger partial charge in [0, 0.05) is 32.2 Å². The first kappa shape index (κ1) is 13.9. The SMILES string of the molecule is NC(=O)c1ccc(N2CCN(C3CC4CCC3C4)CC2)nn1. The summed E-state index contributed by atoms with van der Waals surface area (Å²) in [5.41, 5.74) is 5.42. The summed E-state index contributed by atoms with van der Waals surface area (Å²) in [4.78, 5) is 16.0. The first-order valence-electron chi connectivity index (χ1n) is 8.33. The molecule has 1 aromatic heterocycles. The van der Waals surface area contributed by atoms with Crippen molar-refractivity contribution in [1.82, 2.24) is 15.1 Å². The van der Waals surface area contributed by atoms with Gasteiger partial charge in [0.25, 0.3) is 5.91 Å². The Labute approximate surface area is 130 Å². The lowest BCUT2D eigenvalue weighted by atomic mass is 9.93. The topological polar surface area (TPSA) is 75.4 Å². The van der Waals surface area contributed by atoms with Gasteiger partial charge in [0.1, 0.15) is 0 Å². The minimum absolute atomic E-state index is 0.226. The molecule has 1 aromatic rings. The molecule has 2 aliphatic carbocycles. The van der Waals surface area contributed by atoms with Crippen LogP contribution in [-0.2, 0) is 0 Å². The summed E-state index contributed by atoms with van der Waals surface area (Å²) in [6.45, 7) is 4.18. The van der Waals surface area contributed by atoms with Crippen molar-refractivity contribution in [3.05, 3.63) is 17.8 Å². The Morgan fingerprint density at radius 2 is 1.91 bits per heavy atom. The fourth-order valence-corrected chi connectivity index (χ4v) is 4.57. The van der Waals surface area contributed by atoms with E-state index in [-0.39, 0.29) is 5.69 Å². The van der Waals surface area contributed by atoms with Crippen LogP contribution in [0.1, 0.15) is 36.2 Å². The number of aromatic nitrogens is 2. The summed E-state index contributed by atoms with van der Waals surface area (Å²) in [6.07, 6.45) is 5.78. The molecule has 2 heterocycles. The van der Waals surface area contributed by atoms with E-state index in [2.05, 4.69) is 20.0 Å². The molecule has 3 unspecified atom stereocenters. The van der Waals surface area contributed by atoms with Gasteiger partial charge in [-0.05, 0) is 43.2 Å². The van der Waals surface area contributed by atoms with Gasteiger partial charge < -0.3 is 10.6 Å². The molecule has 6 nitrogen and oxygen atoms in total. The molecule has 3 aliphatic rings. The van der Waals surface area contributed by atoms with Crippen molar-refractivity contribution >= 4 is 11.7 Å².